The number of alkyl halides is 2. The van der Waals surface area contributed by atoms with Crippen LogP contribution in [0.4, 0.5) is 20.3 Å². The Balaban J connectivity index is 2.17. The predicted octanol–water partition coefficient (Wildman–Crippen LogP) is 1.08. The number of aromatic nitrogens is 2. The Labute approximate surface area is 104 Å². The van der Waals surface area contributed by atoms with E-state index in [-0.39, 0.29) is 6.10 Å². The number of hydrogen-bond acceptors (Lipinski definition) is 4. The van der Waals surface area contributed by atoms with Crippen LogP contribution in [-0.4, -0.2) is 40.5 Å². The van der Waals surface area contributed by atoms with Crippen LogP contribution in [0.1, 0.15) is 19.3 Å². The van der Waals surface area contributed by atoms with E-state index in [1.165, 1.54) is 10.9 Å². The zero-order valence-corrected chi connectivity index (χ0v) is 10.1. The quantitative estimate of drug-likeness (QED) is 0.853. The predicted molar refractivity (Wildman–Crippen MR) is 64.7 cm³/mol. The number of rotatable bonds is 3. The summed E-state index contributed by atoms with van der Waals surface area (Å²) in [6.07, 6.45) is 0.807. The van der Waals surface area contributed by atoms with Gasteiger partial charge in [0.2, 0.25) is 0 Å². The van der Waals surface area contributed by atoms with Crippen LogP contribution in [-0.2, 0) is 6.54 Å². The molecule has 1 unspecified atom stereocenters. The minimum Gasteiger partial charge on any atom is -0.394 e. The topological polar surface area (TPSA) is 67.3 Å². The van der Waals surface area contributed by atoms with Crippen molar-refractivity contribution in [3.8, 4) is 0 Å². The van der Waals surface area contributed by atoms with Crippen molar-refractivity contribution in [2.24, 2.45) is 0 Å². The van der Waals surface area contributed by atoms with Gasteiger partial charge in [0.05, 0.1) is 18.0 Å². The molecule has 0 bridgehead atoms. The molecule has 102 valence electrons. The summed E-state index contributed by atoms with van der Waals surface area (Å²) in [5, 5.41) is 13.5. The molecule has 2 heterocycles. The van der Waals surface area contributed by atoms with Gasteiger partial charge in [-0.2, -0.15) is 5.10 Å². The maximum absolute atomic E-state index is 12.5. The van der Waals surface area contributed by atoms with Crippen molar-refractivity contribution in [3.05, 3.63) is 6.20 Å². The summed E-state index contributed by atoms with van der Waals surface area (Å²) < 4.78 is 26.2. The first kappa shape index (κ1) is 13.1. The maximum Gasteiger partial charge on any atom is 0.258 e. The fourth-order valence-corrected chi connectivity index (χ4v) is 2.29. The molecule has 3 N–H and O–H groups in total. The summed E-state index contributed by atoms with van der Waals surface area (Å²) in [7, 11) is 0. The summed E-state index contributed by atoms with van der Waals surface area (Å²) in [6.45, 7) is 0.863. The summed E-state index contributed by atoms with van der Waals surface area (Å²) in [4.78, 5) is 1.93. The normalized spacial score (nSPS) is 21.3. The van der Waals surface area contributed by atoms with Gasteiger partial charge in [0.1, 0.15) is 6.54 Å². The second-order valence-corrected chi connectivity index (χ2v) is 4.57. The van der Waals surface area contributed by atoms with Crippen molar-refractivity contribution in [1.29, 1.82) is 0 Å². The molecule has 1 fully saturated rings. The zero-order chi connectivity index (χ0) is 13.1. The molecule has 1 aromatic rings. The molecule has 0 aliphatic carbocycles. The van der Waals surface area contributed by atoms with E-state index in [1.54, 1.807) is 0 Å². The second-order valence-electron chi connectivity index (χ2n) is 4.57. The lowest BCUT2D eigenvalue weighted by molar-refractivity contribution is 0.122. The van der Waals surface area contributed by atoms with Crippen molar-refractivity contribution in [3.63, 3.8) is 0 Å². The molecule has 1 aliphatic heterocycles. The maximum atomic E-state index is 12.5. The summed E-state index contributed by atoms with van der Waals surface area (Å²) in [5.41, 5.74) is 6.21. The van der Waals surface area contributed by atoms with E-state index in [0.29, 0.717) is 31.0 Å². The van der Waals surface area contributed by atoms with Gasteiger partial charge in [0.15, 0.2) is 5.82 Å². The van der Waals surface area contributed by atoms with E-state index in [4.69, 9.17) is 5.73 Å². The lowest BCUT2D eigenvalue weighted by atomic mass is 10.2. The first-order valence-corrected chi connectivity index (χ1v) is 6.10. The summed E-state index contributed by atoms with van der Waals surface area (Å²) >= 11 is 0. The van der Waals surface area contributed by atoms with Crippen molar-refractivity contribution in [2.75, 3.05) is 23.7 Å². The smallest absolute Gasteiger partial charge is 0.258 e. The van der Waals surface area contributed by atoms with Crippen LogP contribution < -0.4 is 10.6 Å². The molecule has 0 radical (unpaired) electrons. The molecule has 0 saturated carbocycles. The average Bonchev–Trinajstić information content (AvgIpc) is 2.52. The van der Waals surface area contributed by atoms with Crippen molar-refractivity contribution < 1.29 is 13.9 Å². The molecular weight excluding hydrogens is 242 g/mol. The molecule has 18 heavy (non-hydrogen) atoms. The zero-order valence-electron chi connectivity index (χ0n) is 10.1. The number of aliphatic hydroxyl groups is 1. The number of hydrogen-bond donors (Lipinski definition) is 2. The Morgan fingerprint density at radius 3 is 2.94 bits per heavy atom. The minimum atomic E-state index is -2.46. The molecule has 0 aromatic carbocycles. The van der Waals surface area contributed by atoms with Crippen LogP contribution in [0.2, 0.25) is 0 Å². The minimum absolute atomic E-state index is 0.317. The molecule has 1 saturated heterocycles. The molecule has 1 aliphatic rings. The molecule has 1 aromatic heterocycles. The van der Waals surface area contributed by atoms with Crippen LogP contribution in [0.15, 0.2) is 6.20 Å². The number of aliphatic hydroxyl groups excluding tert-OH is 1. The lowest BCUT2D eigenvalue weighted by Gasteiger charge is -2.24. The van der Waals surface area contributed by atoms with Gasteiger partial charge in [0.25, 0.3) is 6.43 Å². The third-order valence-electron chi connectivity index (χ3n) is 3.15. The molecule has 1 atom stereocenters. The van der Waals surface area contributed by atoms with E-state index in [9.17, 15) is 13.9 Å². The van der Waals surface area contributed by atoms with Gasteiger partial charge in [-0.1, -0.05) is 0 Å². The molecule has 5 nitrogen and oxygen atoms in total. The first-order chi connectivity index (χ1) is 8.58. The van der Waals surface area contributed by atoms with Crippen LogP contribution in [0.5, 0.6) is 0 Å². The highest BCUT2D eigenvalue weighted by atomic mass is 19.3. The summed E-state index contributed by atoms with van der Waals surface area (Å²) in [5.74, 6) is 0.546. The van der Waals surface area contributed by atoms with Crippen LogP contribution in [0.3, 0.4) is 0 Å². The largest absolute Gasteiger partial charge is 0.394 e. The molecule has 2 rings (SSSR count). The average molecular weight is 260 g/mol. The van der Waals surface area contributed by atoms with Gasteiger partial charge < -0.3 is 15.7 Å². The van der Waals surface area contributed by atoms with E-state index in [0.717, 1.165) is 12.8 Å². The highest BCUT2D eigenvalue weighted by molar-refractivity contribution is 5.62. The van der Waals surface area contributed by atoms with E-state index >= 15 is 0 Å². The molecule has 0 spiro atoms. The first-order valence-electron chi connectivity index (χ1n) is 6.10. The van der Waals surface area contributed by atoms with Gasteiger partial charge in [-0.05, 0) is 19.3 Å². The van der Waals surface area contributed by atoms with Crippen LogP contribution in [0.25, 0.3) is 0 Å². The van der Waals surface area contributed by atoms with Gasteiger partial charge in [-0.15, -0.1) is 0 Å². The number of nitrogens with zero attached hydrogens (tertiary/aromatic N) is 3. The Hall–Kier alpha value is -1.37. The number of nitrogen functional groups attached to an aromatic ring is 1. The number of halogens is 2. The Kier molecular flexibility index (Phi) is 4.00. The monoisotopic (exact) mass is 260 g/mol. The Bertz CT molecular complexity index is 396. The third-order valence-corrected chi connectivity index (χ3v) is 3.15. The molecule has 7 heteroatoms. The van der Waals surface area contributed by atoms with Crippen LogP contribution >= 0.6 is 0 Å². The van der Waals surface area contributed by atoms with Gasteiger partial charge >= 0.3 is 0 Å². The van der Waals surface area contributed by atoms with Gasteiger partial charge in [0, 0.05) is 13.1 Å². The van der Waals surface area contributed by atoms with Crippen LogP contribution in [0, 0.1) is 0 Å². The highest BCUT2D eigenvalue weighted by Crippen LogP contribution is 2.26. The van der Waals surface area contributed by atoms with E-state index < -0.39 is 13.0 Å². The molecular formula is C11H18F2N4O. The fraction of sp³-hybridized carbons (Fsp3) is 0.727. The lowest BCUT2D eigenvalue weighted by Crippen LogP contribution is -2.29. The van der Waals surface area contributed by atoms with E-state index in [2.05, 4.69) is 5.10 Å². The van der Waals surface area contributed by atoms with Crippen molar-refractivity contribution >= 4 is 11.5 Å². The fourth-order valence-electron chi connectivity index (χ4n) is 2.29. The van der Waals surface area contributed by atoms with Crippen molar-refractivity contribution in [2.45, 2.75) is 38.3 Å². The second kappa shape index (κ2) is 5.51. The molecule has 0 amide bonds. The van der Waals surface area contributed by atoms with Gasteiger partial charge in [-0.3, -0.25) is 0 Å². The Morgan fingerprint density at radius 1 is 1.44 bits per heavy atom. The highest BCUT2D eigenvalue weighted by Gasteiger charge is 2.21. The van der Waals surface area contributed by atoms with Crippen molar-refractivity contribution in [1.82, 2.24) is 9.78 Å². The Morgan fingerprint density at radius 2 is 2.22 bits per heavy atom. The number of anilines is 2. The summed E-state index contributed by atoms with van der Waals surface area (Å²) in [6, 6.07) is 0. The third kappa shape index (κ3) is 2.90. The van der Waals surface area contributed by atoms with E-state index in [1.807, 2.05) is 4.90 Å². The number of nitrogens with two attached hydrogens (primary N) is 1. The SMILES string of the molecule is Nc1cnn(CC(F)F)c1N1CCCC(O)CC1. The van der Waals surface area contributed by atoms with Gasteiger partial charge in [-0.25, -0.2) is 13.5 Å². The standard InChI is InChI=1S/C11H18F2N4O/c12-10(13)7-17-11(9(14)6-15-17)16-4-1-2-8(18)3-5-16/h6,8,10,18H,1-5,7,14H2.